The van der Waals surface area contributed by atoms with E-state index in [0.29, 0.717) is 5.92 Å². The molecule has 1 fully saturated rings. The van der Waals surface area contributed by atoms with Crippen LogP contribution in [-0.2, 0) is 0 Å². The fourth-order valence-electron chi connectivity index (χ4n) is 2.78. The lowest BCUT2D eigenvalue weighted by Crippen LogP contribution is -2.10. The maximum atomic E-state index is 3.86. The van der Waals surface area contributed by atoms with Gasteiger partial charge < -0.3 is 0 Å². The molecule has 5 atom stereocenters. The van der Waals surface area contributed by atoms with E-state index in [1.807, 2.05) is 0 Å². The van der Waals surface area contributed by atoms with Gasteiger partial charge in [-0.05, 0) is 54.8 Å². The smallest absolute Gasteiger partial charge is 0.0265 e. The molecule has 0 aromatic carbocycles. The van der Waals surface area contributed by atoms with E-state index in [2.05, 4.69) is 47.3 Å². The van der Waals surface area contributed by atoms with E-state index in [4.69, 9.17) is 0 Å². The highest BCUT2D eigenvalue weighted by Crippen LogP contribution is 2.50. The third kappa shape index (κ3) is 3.64. The van der Waals surface area contributed by atoms with Gasteiger partial charge in [-0.3, -0.25) is 0 Å². The molecular weight excluding hydrogens is 192 g/mol. The number of hydrogen-bond donors (Lipinski definition) is 0. The highest BCUT2D eigenvalue weighted by molar-refractivity contribution is 4.92. The van der Waals surface area contributed by atoms with E-state index in [1.54, 1.807) is 0 Å². The van der Waals surface area contributed by atoms with Crippen molar-refractivity contribution in [1.29, 1.82) is 0 Å². The van der Waals surface area contributed by atoms with E-state index in [0.717, 1.165) is 29.6 Å². The lowest BCUT2D eigenvalue weighted by molar-refractivity contribution is 0.307. The van der Waals surface area contributed by atoms with Crippen molar-refractivity contribution in [2.75, 3.05) is 0 Å². The molecular formula is C16H30. The Kier molecular flexibility index (Phi) is 5.08. The molecule has 5 unspecified atom stereocenters. The van der Waals surface area contributed by atoms with Crippen LogP contribution in [0.3, 0.4) is 0 Å². The van der Waals surface area contributed by atoms with Crippen molar-refractivity contribution < 1.29 is 0 Å². The zero-order chi connectivity index (χ0) is 12.3. The Morgan fingerprint density at radius 2 is 1.56 bits per heavy atom. The molecule has 0 nitrogen and oxygen atoms in total. The molecule has 16 heavy (non-hydrogen) atoms. The zero-order valence-electron chi connectivity index (χ0n) is 11.9. The van der Waals surface area contributed by atoms with Crippen molar-refractivity contribution in [3.05, 3.63) is 12.7 Å². The average molecular weight is 222 g/mol. The predicted octanol–water partition coefficient (Wildman–Crippen LogP) is 5.15. The van der Waals surface area contributed by atoms with Crippen LogP contribution < -0.4 is 0 Å². The minimum Gasteiger partial charge on any atom is -0.103 e. The number of allylic oxidation sites excluding steroid dienone is 1. The molecule has 0 spiro atoms. The topological polar surface area (TPSA) is 0 Å². The summed E-state index contributed by atoms with van der Waals surface area (Å²) in [4.78, 5) is 0. The summed E-state index contributed by atoms with van der Waals surface area (Å²) in [5.41, 5.74) is 0. The SMILES string of the molecule is C=CC(C)CCC(C)C(C)CC1C(C)C1C. The van der Waals surface area contributed by atoms with Gasteiger partial charge in [0.15, 0.2) is 0 Å². The molecule has 0 aromatic heterocycles. The largest absolute Gasteiger partial charge is 0.103 e. The van der Waals surface area contributed by atoms with Crippen LogP contribution in [0.4, 0.5) is 0 Å². The monoisotopic (exact) mass is 222 g/mol. The molecule has 94 valence electrons. The van der Waals surface area contributed by atoms with E-state index < -0.39 is 0 Å². The Morgan fingerprint density at radius 1 is 1.00 bits per heavy atom. The lowest BCUT2D eigenvalue weighted by atomic mass is 9.85. The van der Waals surface area contributed by atoms with Crippen LogP contribution in [-0.4, -0.2) is 0 Å². The fourth-order valence-corrected chi connectivity index (χ4v) is 2.78. The fraction of sp³-hybridized carbons (Fsp3) is 0.875. The molecule has 0 aromatic rings. The Hall–Kier alpha value is -0.260. The van der Waals surface area contributed by atoms with Crippen molar-refractivity contribution in [1.82, 2.24) is 0 Å². The van der Waals surface area contributed by atoms with Gasteiger partial charge in [0.2, 0.25) is 0 Å². The van der Waals surface area contributed by atoms with Crippen LogP contribution in [0.5, 0.6) is 0 Å². The summed E-state index contributed by atoms with van der Waals surface area (Å²) in [6.07, 6.45) is 6.21. The first-order chi connectivity index (χ1) is 7.47. The maximum Gasteiger partial charge on any atom is -0.0265 e. The van der Waals surface area contributed by atoms with Crippen molar-refractivity contribution >= 4 is 0 Å². The molecule has 0 bridgehead atoms. The Labute approximate surface area is 103 Å². The summed E-state index contributed by atoms with van der Waals surface area (Å²) in [6.45, 7) is 15.8. The zero-order valence-corrected chi connectivity index (χ0v) is 11.9. The second-order valence-electron chi connectivity index (χ2n) is 6.36. The quantitative estimate of drug-likeness (QED) is 0.522. The van der Waals surface area contributed by atoms with Crippen LogP contribution in [0.25, 0.3) is 0 Å². The normalized spacial score (nSPS) is 34.2. The molecule has 1 rings (SSSR count). The minimum atomic E-state index is 0.688. The molecule has 1 aliphatic carbocycles. The molecule has 1 aliphatic rings. The van der Waals surface area contributed by atoms with Gasteiger partial charge in [-0.1, -0.05) is 40.7 Å². The van der Waals surface area contributed by atoms with E-state index in [9.17, 15) is 0 Å². The molecule has 0 amide bonds. The molecule has 0 heterocycles. The summed E-state index contributed by atoms with van der Waals surface area (Å²) in [7, 11) is 0. The molecule has 0 radical (unpaired) electrons. The Bertz CT molecular complexity index is 210. The van der Waals surface area contributed by atoms with Gasteiger partial charge in [0.25, 0.3) is 0 Å². The highest BCUT2D eigenvalue weighted by atomic mass is 14.5. The summed E-state index contributed by atoms with van der Waals surface area (Å²) in [5, 5.41) is 0. The molecule has 0 N–H and O–H groups in total. The third-order valence-corrected chi connectivity index (χ3v) is 5.13. The minimum absolute atomic E-state index is 0.688. The van der Waals surface area contributed by atoms with Gasteiger partial charge in [-0.15, -0.1) is 6.58 Å². The summed E-state index contributed by atoms with van der Waals surface area (Å²) in [6, 6.07) is 0. The standard InChI is InChI=1S/C16H30/c1-7-11(2)8-9-12(3)13(4)10-16-14(5)15(16)6/h7,11-16H,1,8-10H2,2-6H3. The maximum absolute atomic E-state index is 3.86. The highest BCUT2D eigenvalue weighted by Gasteiger charge is 2.43. The van der Waals surface area contributed by atoms with Crippen LogP contribution in [0, 0.1) is 35.5 Å². The third-order valence-electron chi connectivity index (χ3n) is 5.13. The lowest BCUT2D eigenvalue weighted by Gasteiger charge is -2.21. The first kappa shape index (κ1) is 13.8. The van der Waals surface area contributed by atoms with Crippen molar-refractivity contribution in [3.8, 4) is 0 Å². The number of hydrogen-bond acceptors (Lipinski definition) is 0. The van der Waals surface area contributed by atoms with E-state index in [-0.39, 0.29) is 0 Å². The molecule has 0 heteroatoms. The van der Waals surface area contributed by atoms with Crippen LogP contribution in [0.15, 0.2) is 12.7 Å². The second kappa shape index (κ2) is 5.89. The van der Waals surface area contributed by atoms with Crippen molar-refractivity contribution in [2.24, 2.45) is 35.5 Å². The summed E-state index contributed by atoms with van der Waals surface area (Å²) < 4.78 is 0. The Morgan fingerprint density at radius 3 is 2.00 bits per heavy atom. The first-order valence-corrected chi connectivity index (χ1v) is 7.09. The predicted molar refractivity (Wildman–Crippen MR) is 73.4 cm³/mol. The van der Waals surface area contributed by atoms with E-state index >= 15 is 0 Å². The first-order valence-electron chi connectivity index (χ1n) is 7.09. The van der Waals surface area contributed by atoms with Gasteiger partial charge in [0.05, 0.1) is 0 Å². The average Bonchev–Trinajstić information content (AvgIpc) is 2.83. The molecule has 0 aliphatic heterocycles. The van der Waals surface area contributed by atoms with E-state index in [1.165, 1.54) is 19.3 Å². The van der Waals surface area contributed by atoms with Gasteiger partial charge in [-0.25, -0.2) is 0 Å². The summed E-state index contributed by atoms with van der Waals surface area (Å²) in [5.74, 6) is 5.46. The second-order valence-corrected chi connectivity index (χ2v) is 6.36. The number of rotatable bonds is 7. The van der Waals surface area contributed by atoms with Gasteiger partial charge in [0, 0.05) is 0 Å². The van der Waals surface area contributed by atoms with Gasteiger partial charge in [0.1, 0.15) is 0 Å². The molecule has 1 saturated carbocycles. The van der Waals surface area contributed by atoms with Crippen LogP contribution >= 0.6 is 0 Å². The van der Waals surface area contributed by atoms with Crippen molar-refractivity contribution in [3.63, 3.8) is 0 Å². The van der Waals surface area contributed by atoms with Gasteiger partial charge >= 0.3 is 0 Å². The summed E-state index contributed by atoms with van der Waals surface area (Å²) >= 11 is 0. The van der Waals surface area contributed by atoms with Crippen LogP contribution in [0.2, 0.25) is 0 Å². The van der Waals surface area contributed by atoms with Crippen molar-refractivity contribution in [2.45, 2.75) is 53.9 Å². The van der Waals surface area contributed by atoms with Crippen LogP contribution in [0.1, 0.15) is 53.9 Å². The Balaban J connectivity index is 2.20. The van der Waals surface area contributed by atoms with Gasteiger partial charge in [-0.2, -0.15) is 0 Å². The molecule has 0 saturated heterocycles.